The molecule has 0 saturated heterocycles. The lowest BCUT2D eigenvalue weighted by molar-refractivity contribution is -0.151. The molecule has 1 aromatic rings. The molecule has 8 heteroatoms. The van der Waals surface area contributed by atoms with Crippen LogP contribution in [0.1, 0.15) is 72.3 Å². The van der Waals surface area contributed by atoms with E-state index in [1.165, 1.54) is 0 Å². The van der Waals surface area contributed by atoms with Gasteiger partial charge in [0.1, 0.15) is 11.1 Å². The maximum atomic E-state index is 12.6. The number of rotatable bonds is 13. The number of carboxylic acids is 1. The molecule has 186 valence electrons. The average Bonchev–Trinajstić information content (AvgIpc) is 2.71. The molecular weight excluding hydrogens is 424 g/mol. The first-order chi connectivity index (χ1) is 15.4. The minimum Gasteiger partial charge on any atom is -0.479 e. The molecule has 0 bridgehead atoms. The Bertz CT molecular complexity index is 762. The highest BCUT2D eigenvalue weighted by atomic mass is 16.6. The second kappa shape index (κ2) is 13.2. The van der Waals surface area contributed by atoms with E-state index in [2.05, 4.69) is 10.6 Å². The standard InChI is InChI=1S/C25H40N2O6/c1-6-15-25(22(30)31,18(2)17-28)27-21(29)14-10-13-20(16-19-11-8-7-9-12-19)26-23(32)33-24(3,4)5/h7-9,11-12,18,20,28H,6,10,13-17H2,1-5H3,(H,26,32)(H,27,29)(H,30,31)/t18?,20-,25+/m0/s1. The fourth-order valence-corrected chi connectivity index (χ4v) is 3.77. The van der Waals surface area contributed by atoms with Crippen molar-refractivity contribution < 1.29 is 29.3 Å². The molecule has 0 aliphatic heterocycles. The summed E-state index contributed by atoms with van der Waals surface area (Å²) >= 11 is 0. The highest BCUT2D eigenvalue weighted by molar-refractivity contribution is 5.87. The third kappa shape index (κ3) is 9.82. The minimum absolute atomic E-state index is 0.109. The number of benzene rings is 1. The Kier molecular flexibility index (Phi) is 11.4. The molecule has 2 amide bonds. The van der Waals surface area contributed by atoms with Gasteiger partial charge in [-0.3, -0.25) is 4.79 Å². The summed E-state index contributed by atoms with van der Waals surface area (Å²) in [4.78, 5) is 36.9. The Morgan fingerprint density at radius 1 is 1.12 bits per heavy atom. The lowest BCUT2D eigenvalue weighted by Gasteiger charge is -2.35. The average molecular weight is 465 g/mol. The van der Waals surface area contributed by atoms with E-state index < -0.39 is 29.1 Å². The number of aliphatic carboxylic acids is 1. The number of amides is 2. The molecule has 0 saturated carbocycles. The Morgan fingerprint density at radius 2 is 1.76 bits per heavy atom. The number of alkyl carbamates (subject to hydrolysis) is 1. The number of carbonyl (C=O) groups excluding carboxylic acids is 2. The molecule has 1 rings (SSSR count). The second-order valence-corrected chi connectivity index (χ2v) is 9.58. The van der Waals surface area contributed by atoms with Crippen molar-refractivity contribution in [1.82, 2.24) is 10.6 Å². The zero-order chi connectivity index (χ0) is 25.1. The topological polar surface area (TPSA) is 125 Å². The number of aliphatic hydroxyl groups is 1. The molecule has 4 N–H and O–H groups in total. The van der Waals surface area contributed by atoms with Gasteiger partial charge in [0.2, 0.25) is 5.91 Å². The lowest BCUT2D eigenvalue weighted by Crippen LogP contribution is -2.59. The van der Waals surface area contributed by atoms with E-state index in [0.717, 1.165) is 5.56 Å². The van der Waals surface area contributed by atoms with Gasteiger partial charge in [0.25, 0.3) is 0 Å². The van der Waals surface area contributed by atoms with Crippen LogP contribution in [0, 0.1) is 5.92 Å². The molecule has 0 spiro atoms. The van der Waals surface area contributed by atoms with Gasteiger partial charge in [0.05, 0.1) is 0 Å². The van der Waals surface area contributed by atoms with Gasteiger partial charge in [-0.2, -0.15) is 0 Å². The molecule has 0 radical (unpaired) electrons. The smallest absolute Gasteiger partial charge is 0.407 e. The first-order valence-corrected chi connectivity index (χ1v) is 11.6. The number of nitrogens with one attached hydrogen (secondary N) is 2. The molecule has 0 aliphatic rings. The van der Waals surface area contributed by atoms with Gasteiger partial charge in [-0.1, -0.05) is 50.6 Å². The summed E-state index contributed by atoms with van der Waals surface area (Å²) in [6.07, 6.45) is 1.93. The van der Waals surface area contributed by atoms with Crippen LogP contribution in [0.15, 0.2) is 30.3 Å². The fraction of sp³-hybridized carbons (Fsp3) is 0.640. The molecule has 33 heavy (non-hydrogen) atoms. The normalized spacial score (nSPS) is 15.1. The Morgan fingerprint density at radius 3 is 2.27 bits per heavy atom. The SMILES string of the molecule is CCC[C@](NC(=O)CCC[C@@H](Cc1ccccc1)NC(=O)OC(C)(C)C)(C(=O)O)C(C)CO. The fourth-order valence-electron chi connectivity index (χ4n) is 3.77. The maximum Gasteiger partial charge on any atom is 0.407 e. The summed E-state index contributed by atoms with van der Waals surface area (Å²) in [5.41, 5.74) is -1.07. The van der Waals surface area contributed by atoms with Crippen LogP contribution in [0.3, 0.4) is 0 Å². The molecule has 1 unspecified atom stereocenters. The zero-order valence-corrected chi connectivity index (χ0v) is 20.5. The van der Waals surface area contributed by atoms with Gasteiger partial charge in [0.15, 0.2) is 0 Å². The van der Waals surface area contributed by atoms with Crippen molar-refractivity contribution in [3.05, 3.63) is 35.9 Å². The van der Waals surface area contributed by atoms with Crippen molar-refractivity contribution in [3.8, 4) is 0 Å². The van der Waals surface area contributed by atoms with Crippen LogP contribution < -0.4 is 10.6 Å². The van der Waals surface area contributed by atoms with Gasteiger partial charge in [-0.05, 0) is 52.0 Å². The van der Waals surface area contributed by atoms with Crippen LogP contribution in [0.4, 0.5) is 4.79 Å². The molecule has 0 aromatic heterocycles. The van der Waals surface area contributed by atoms with Gasteiger partial charge in [-0.25, -0.2) is 9.59 Å². The molecule has 3 atom stereocenters. The van der Waals surface area contributed by atoms with Crippen LogP contribution in [0.5, 0.6) is 0 Å². The van der Waals surface area contributed by atoms with E-state index in [9.17, 15) is 24.6 Å². The second-order valence-electron chi connectivity index (χ2n) is 9.58. The molecule has 1 aromatic carbocycles. The van der Waals surface area contributed by atoms with Crippen molar-refractivity contribution in [2.24, 2.45) is 5.92 Å². The monoisotopic (exact) mass is 464 g/mol. The van der Waals surface area contributed by atoms with E-state index in [-0.39, 0.29) is 31.4 Å². The number of ether oxygens (including phenoxy) is 1. The van der Waals surface area contributed by atoms with Crippen LogP contribution in [0.2, 0.25) is 0 Å². The first-order valence-electron chi connectivity index (χ1n) is 11.6. The number of carbonyl (C=O) groups is 3. The Hall–Kier alpha value is -2.61. The first kappa shape index (κ1) is 28.4. The predicted molar refractivity (Wildman–Crippen MR) is 127 cm³/mol. The molecule has 8 nitrogen and oxygen atoms in total. The number of aliphatic hydroxyl groups excluding tert-OH is 1. The highest BCUT2D eigenvalue weighted by Crippen LogP contribution is 2.24. The van der Waals surface area contributed by atoms with E-state index in [1.54, 1.807) is 27.7 Å². The Labute approximate surface area is 197 Å². The van der Waals surface area contributed by atoms with Crippen molar-refractivity contribution >= 4 is 18.0 Å². The Balaban J connectivity index is 2.79. The van der Waals surface area contributed by atoms with E-state index in [4.69, 9.17) is 4.74 Å². The van der Waals surface area contributed by atoms with E-state index in [0.29, 0.717) is 25.7 Å². The lowest BCUT2D eigenvalue weighted by atomic mass is 9.81. The molecule has 0 fully saturated rings. The van der Waals surface area contributed by atoms with E-state index >= 15 is 0 Å². The van der Waals surface area contributed by atoms with Gasteiger partial charge >= 0.3 is 12.1 Å². The summed E-state index contributed by atoms with van der Waals surface area (Å²) in [6.45, 7) is 8.49. The summed E-state index contributed by atoms with van der Waals surface area (Å²) < 4.78 is 5.37. The zero-order valence-electron chi connectivity index (χ0n) is 20.5. The molecule has 0 aliphatic carbocycles. The third-order valence-electron chi connectivity index (χ3n) is 5.51. The van der Waals surface area contributed by atoms with Crippen LogP contribution in [-0.4, -0.2) is 52.0 Å². The van der Waals surface area contributed by atoms with Crippen LogP contribution in [0.25, 0.3) is 0 Å². The number of hydrogen-bond acceptors (Lipinski definition) is 5. The van der Waals surface area contributed by atoms with Crippen molar-refractivity contribution in [3.63, 3.8) is 0 Å². The van der Waals surface area contributed by atoms with Gasteiger partial charge in [-0.15, -0.1) is 0 Å². The molecular formula is C25H40N2O6. The number of hydrogen-bond donors (Lipinski definition) is 4. The minimum atomic E-state index is -1.50. The van der Waals surface area contributed by atoms with Gasteiger partial charge in [0, 0.05) is 25.0 Å². The van der Waals surface area contributed by atoms with Crippen molar-refractivity contribution in [2.45, 2.75) is 90.3 Å². The highest BCUT2D eigenvalue weighted by Gasteiger charge is 2.43. The van der Waals surface area contributed by atoms with E-state index in [1.807, 2.05) is 37.3 Å². The third-order valence-corrected chi connectivity index (χ3v) is 5.51. The largest absolute Gasteiger partial charge is 0.479 e. The van der Waals surface area contributed by atoms with Crippen LogP contribution in [-0.2, 0) is 20.7 Å². The maximum absolute atomic E-state index is 12.6. The summed E-state index contributed by atoms with van der Waals surface area (Å²) in [6, 6.07) is 9.47. The van der Waals surface area contributed by atoms with Gasteiger partial charge < -0.3 is 25.6 Å². The summed E-state index contributed by atoms with van der Waals surface area (Å²) in [5.74, 6) is -2.16. The summed E-state index contributed by atoms with van der Waals surface area (Å²) in [7, 11) is 0. The quantitative estimate of drug-likeness (QED) is 0.353. The molecule has 0 heterocycles. The van der Waals surface area contributed by atoms with Crippen LogP contribution >= 0.6 is 0 Å². The predicted octanol–water partition coefficient (Wildman–Crippen LogP) is 3.66. The van der Waals surface area contributed by atoms with Crippen molar-refractivity contribution in [1.29, 1.82) is 0 Å². The number of carboxylic acid groups (broad SMARTS) is 1. The summed E-state index contributed by atoms with van der Waals surface area (Å²) in [5, 5.41) is 24.9. The van der Waals surface area contributed by atoms with Crippen molar-refractivity contribution in [2.75, 3.05) is 6.61 Å².